The van der Waals surface area contributed by atoms with Crippen molar-refractivity contribution in [2.75, 3.05) is 0 Å². The third-order valence-electron chi connectivity index (χ3n) is 3.60. The maximum atomic E-state index is 13.1. The molecule has 130 valence electrons. The second-order valence-corrected chi connectivity index (χ2v) is 5.57. The summed E-state index contributed by atoms with van der Waals surface area (Å²) in [6.07, 6.45) is -4.46. The Hall–Kier alpha value is -2.38. The number of alkyl halides is 3. The number of halogens is 4. The third kappa shape index (κ3) is 3.93. The lowest BCUT2D eigenvalue weighted by Gasteiger charge is -2.17. The van der Waals surface area contributed by atoms with Gasteiger partial charge in [-0.25, -0.2) is 4.39 Å². The largest absolute Gasteiger partial charge is 0.417 e. The minimum absolute atomic E-state index is 0.313. The molecule has 24 heavy (non-hydrogen) atoms. The van der Waals surface area contributed by atoms with Gasteiger partial charge in [-0.3, -0.25) is 4.79 Å². The van der Waals surface area contributed by atoms with E-state index in [1.165, 1.54) is 0 Å². The van der Waals surface area contributed by atoms with Gasteiger partial charge in [0.05, 0.1) is 16.8 Å². The van der Waals surface area contributed by atoms with Gasteiger partial charge in [-0.15, -0.1) is 0 Å². The van der Waals surface area contributed by atoms with Gasteiger partial charge in [0, 0.05) is 11.6 Å². The molecule has 0 saturated carbocycles. The van der Waals surface area contributed by atoms with Crippen LogP contribution in [0.15, 0.2) is 22.7 Å². The van der Waals surface area contributed by atoms with Gasteiger partial charge in [-0.1, -0.05) is 5.16 Å². The number of benzene rings is 1. The van der Waals surface area contributed by atoms with Crippen molar-refractivity contribution in [1.29, 1.82) is 0 Å². The summed E-state index contributed by atoms with van der Waals surface area (Å²) in [4.78, 5) is 12.2. The highest BCUT2D eigenvalue weighted by Gasteiger charge is 2.35. The Labute approximate surface area is 135 Å². The van der Waals surface area contributed by atoms with Gasteiger partial charge in [0.2, 0.25) is 0 Å². The number of nitrogens with zero attached hydrogens (tertiary/aromatic N) is 1. The Morgan fingerprint density at radius 2 is 2.00 bits per heavy atom. The zero-order chi connectivity index (χ0) is 18.1. The van der Waals surface area contributed by atoms with Crippen LogP contribution in [-0.2, 0) is 12.6 Å². The number of aryl methyl sites for hydroxylation is 2. The zero-order valence-electron chi connectivity index (χ0n) is 13.3. The normalized spacial score (nSPS) is 13.0. The van der Waals surface area contributed by atoms with Crippen LogP contribution in [0.3, 0.4) is 0 Å². The quantitative estimate of drug-likeness (QED) is 0.858. The first-order chi connectivity index (χ1) is 11.1. The predicted octanol–water partition coefficient (Wildman–Crippen LogP) is 3.81. The number of nitrogens with one attached hydrogen (secondary N) is 1. The number of hydrogen-bond acceptors (Lipinski definition) is 3. The standard InChI is InChI=1S/C16H16F4N2O2/c1-8(6-13-9(2)22-24-10(13)3)21-15(23)12-5-4-11(17)7-14(12)16(18,19)20/h4-5,7-8H,6H2,1-3H3,(H,21,23). The van der Waals surface area contributed by atoms with Crippen LogP contribution in [0, 0.1) is 19.7 Å². The molecule has 0 bridgehead atoms. The predicted molar refractivity (Wildman–Crippen MR) is 78.0 cm³/mol. The summed E-state index contributed by atoms with van der Waals surface area (Å²) in [7, 11) is 0. The van der Waals surface area contributed by atoms with Gasteiger partial charge >= 0.3 is 6.18 Å². The van der Waals surface area contributed by atoms with Crippen molar-refractivity contribution in [3.8, 4) is 0 Å². The number of rotatable bonds is 4. The number of hydrogen-bond donors (Lipinski definition) is 1. The van der Waals surface area contributed by atoms with Gasteiger partial charge in [0.15, 0.2) is 0 Å². The van der Waals surface area contributed by atoms with Crippen LogP contribution < -0.4 is 5.32 Å². The fraction of sp³-hybridized carbons (Fsp3) is 0.375. The number of aromatic nitrogens is 1. The molecule has 1 N–H and O–H groups in total. The van der Waals surface area contributed by atoms with E-state index in [4.69, 9.17) is 4.52 Å². The average molecular weight is 344 g/mol. The summed E-state index contributed by atoms with van der Waals surface area (Å²) in [5.41, 5.74) is -0.469. The summed E-state index contributed by atoms with van der Waals surface area (Å²) < 4.78 is 57.0. The number of carbonyl (C=O) groups is 1. The van der Waals surface area contributed by atoms with Crippen molar-refractivity contribution in [2.24, 2.45) is 0 Å². The molecule has 2 rings (SSSR count). The van der Waals surface area contributed by atoms with Crippen LogP contribution in [-0.4, -0.2) is 17.1 Å². The van der Waals surface area contributed by atoms with E-state index < -0.39 is 35.1 Å². The summed E-state index contributed by atoms with van der Waals surface area (Å²) in [6, 6.07) is 1.51. The molecule has 1 aromatic carbocycles. The second-order valence-electron chi connectivity index (χ2n) is 5.57. The van der Waals surface area contributed by atoms with Gasteiger partial charge in [-0.2, -0.15) is 13.2 Å². The van der Waals surface area contributed by atoms with Crippen LogP contribution in [0.5, 0.6) is 0 Å². The van der Waals surface area contributed by atoms with Gasteiger partial charge in [0.25, 0.3) is 5.91 Å². The molecule has 0 fully saturated rings. The Kier molecular flexibility index (Phi) is 4.96. The maximum absolute atomic E-state index is 13.1. The first-order valence-corrected chi connectivity index (χ1v) is 7.19. The van der Waals surface area contributed by atoms with E-state index in [0.717, 1.165) is 17.7 Å². The van der Waals surface area contributed by atoms with Crippen LogP contribution >= 0.6 is 0 Å². The summed E-state index contributed by atoms with van der Waals surface area (Å²) in [5, 5.41) is 6.27. The van der Waals surface area contributed by atoms with Crippen molar-refractivity contribution in [2.45, 2.75) is 39.4 Å². The molecule has 1 amide bonds. The highest BCUT2D eigenvalue weighted by molar-refractivity contribution is 5.96. The van der Waals surface area contributed by atoms with Crippen LogP contribution in [0.4, 0.5) is 17.6 Å². The number of carbonyl (C=O) groups excluding carboxylic acids is 1. The lowest BCUT2D eigenvalue weighted by Crippen LogP contribution is -2.35. The van der Waals surface area contributed by atoms with Crippen LogP contribution in [0.1, 0.15) is 39.9 Å². The smallest absolute Gasteiger partial charge is 0.361 e. The Morgan fingerprint density at radius 3 is 2.54 bits per heavy atom. The summed E-state index contributed by atoms with van der Waals surface area (Å²) >= 11 is 0. The molecule has 0 aliphatic carbocycles. The van der Waals surface area contributed by atoms with E-state index in [-0.39, 0.29) is 0 Å². The van der Waals surface area contributed by atoms with Gasteiger partial charge < -0.3 is 9.84 Å². The molecule has 0 aliphatic rings. The molecular weight excluding hydrogens is 328 g/mol. The molecule has 1 unspecified atom stereocenters. The molecule has 4 nitrogen and oxygen atoms in total. The SMILES string of the molecule is Cc1noc(C)c1CC(C)NC(=O)c1ccc(F)cc1C(F)(F)F. The molecule has 1 atom stereocenters. The van der Waals surface area contributed by atoms with Crippen molar-refractivity contribution in [3.63, 3.8) is 0 Å². The Morgan fingerprint density at radius 1 is 1.33 bits per heavy atom. The molecule has 0 saturated heterocycles. The Balaban J connectivity index is 2.18. The van der Waals surface area contributed by atoms with Crippen LogP contribution in [0.2, 0.25) is 0 Å². The average Bonchev–Trinajstić information content (AvgIpc) is 2.78. The van der Waals surface area contributed by atoms with Crippen molar-refractivity contribution in [1.82, 2.24) is 10.5 Å². The van der Waals surface area contributed by atoms with Crippen molar-refractivity contribution >= 4 is 5.91 Å². The summed E-state index contributed by atoms with van der Waals surface area (Å²) in [5.74, 6) is -1.38. The molecule has 0 aliphatic heterocycles. The van der Waals surface area contributed by atoms with E-state index in [0.29, 0.717) is 23.9 Å². The molecule has 8 heteroatoms. The maximum Gasteiger partial charge on any atom is 0.417 e. The Bertz CT molecular complexity index is 734. The minimum atomic E-state index is -4.82. The van der Waals surface area contributed by atoms with E-state index >= 15 is 0 Å². The first-order valence-electron chi connectivity index (χ1n) is 7.19. The van der Waals surface area contributed by atoms with Crippen molar-refractivity contribution in [3.05, 3.63) is 52.2 Å². The minimum Gasteiger partial charge on any atom is -0.361 e. The lowest BCUT2D eigenvalue weighted by molar-refractivity contribution is -0.138. The molecule has 2 aromatic rings. The highest BCUT2D eigenvalue weighted by Crippen LogP contribution is 2.32. The zero-order valence-corrected chi connectivity index (χ0v) is 13.3. The van der Waals surface area contributed by atoms with E-state index in [9.17, 15) is 22.4 Å². The lowest BCUT2D eigenvalue weighted by atomic mass is 10.0. The number of amides is 1. The fourth-order valence-corrected chi connectivity index (χ4v) is 2.40. The molecule has 0 spiro atoms. The molecule has 0 radical (unpaired) electrons. The molecule has 1 aromatic heterocycles. The van der Waals surface area contributed by atoms with E-state index in [2.05, 4.69) is 10.5 Å². The topological polar surface area (TPSA) is 55.1 Å². The first kappa shape index (κ1) is 18.0. The molecular formula is C16H16F4N2O2. The molecule has 1 heterocycles. The van der Waals surface area contributed by atoms with Crippen LogP contribution in [0.25, 0.3) is 0 Å². The highest BCUT2D eigenvalue weighted by atomic mass is 19.4. The second kappa shape index (κ2) is 6.62. The monoisotopic (exact) mass is 344 g/mol. The van der Waals surface area contributed by atoms with E-state index in [1.54, 1.807) is 20.8 Å². The van der Waals surface area contributed by atoms with Gasteiger partial charge in [-0.05, 0) is 45.4 Å². The third-order valence-corrected chi connectivity index (χ3v) is 3.60. The fourth-order valence-electron chi connectivity index (χ4n) is 2.40. The van der Waals surface area contributed by atoms with Gasteiger partial charge in [0.1, 0.15) is 11.6 Å². The van der Waals surface area contributed by atoms with E-state index in [1.807, 2.05) is 0 Å². The van der Waals surface area contributed by atoms with Crippen molar-refractivity contribution < 1.29 is 26.9 Å². The summed E-state index contributed by atoms with van der Waals surface area (Å²) in [6.45, 7) is 5.11.